The van der Waals surface area contributed by atoms with Crippen LogP contribution in [-0.4, -0.2) is 29.7 Å². The molecule has 1 atom stereocenters. The average molecular weight is 355 g/mol. The summed E-state index contributed by atoms with van der Waals surface area (Å²) in [7, 11) is -2.93. The fourth-order valence-electron chi connectivity index (χ4n) is 2.58. The largest absolute Gasteiger partial charge is 0.265 e. The van der Waals surface area contributed by atoms with E-state index in [2.05, 4.69) is 21.0 Å². The maximum atomic E-state index is 11.7. The SMILES string of the molecule is CC1(n2cc(-c3ccc(Br)cc3)cn2)CCS(=O)(=O)C1. The Kier molecular flexibility index (Phi) is 3.25. The maximum Gasteiger partial charge on any atom is 0.152 e. The van der Waals surface area contributed by atoms with E-state index < -0.39 is 15.4 Å². The molecule has 0 N–H and O–H groups in total. The third kappa shape index (κ3) is 2.54. The molecule has 106 valence electrons. The van der Waals surface area contributed by atoms with Crippen LogP contribution in [0.4, 0.5) is 0 Å². The zero-order chi connectivity index (χ0) is 14.4. The molecule has 0 amide bonds. The zero-order valence-corrected chi connectivity index (χ0v) is 13.5. The van der Waals surface area contributed by atoms with Gasteiger partial charge >= 0.3 is 0 Å². The number of hydrogen-bond acceptors (Lipinski definition) is 3. The second kappa shape index (κ2) is 4.70. The molecule has 0 radical (unpaired) electrons. The van der Waals surface area contributed by atoms with E-state index in [1.165, 1.54) is 0 Å². The summed E-state index contributed by atoms with van der Waals surface area (Å²) in [6.45, 7) is 1.95. The Labute approximate surface area is 126 Å². The quantitative estimate of drug-likeness (QED) is 0.833. The monoisotopic (exact) mass is 354 g/mol. The number of rotatable bonds is 2. The van der Waals surface area contributed by atoms with Crippen LogP contribution < -0.4 is 0 Å². The van der Waals surface area contributed by atoms with Crippen molar-refractivity contribution < 1.29 is 8.42 Å². The van der Waals surface area contributed by atoms with Gasteiger partial charge in [0.25, 0.3) is 0 Å². The fourth-order valence-corrected chi connectivity index (χ4v) is 4.97. The molecular formula is C14H15BrN2O2S. The maximum absolute atomic E-state index is 11.7. The molecule has 1 unspecified atom stereocenters. The second-order valence-electron chi connectivity index (χ2n) is 5.52. The van der Waals surface area contributed by atoms with Crippen LogP contribution in [0.25, 0.3) is 11.1 Å². The molecule has 1 aliphatic rings. The van der Waals surface area contributed by atoms with Crippen LogP contribution in [0.2, 0.25) is 0 Å². The Morgan fingerprint density at radius 3 is 2.55 bits per heavy atom. The third-order valence-electron chi connectivity index (χ3n) is 3.80. The molecular weight excluding hydrogens is 340 g/mol. The van der Waals surface area contributed by atoms with Gasteiger partial charge in [-0.25, -0.2) is 8.42 Å². The van der Waals surface area contributed by atoms with Crippen LogP contribution in [0.1, 0.15) is 13.3 Å². The normalized spacial score (nSPS) is 24.9. The van der Waals surface area contributed by atoms with Crippen LogP contribution in [0.5, 0.6) is 0 Å². The van der Waals surface area contributed by atoms with Gasteiger partial charge < -0.3 is 0 Å². The molecule has 2 heterocycles. The van der Waals surface area contributed by atoms with Crippen molar-refractivity contribution in [1.82, 2.24) is 9.78 Å². The molecule has 1 aliphatic heterocycles. The molecule has 2 aromatic rings. The Morgan fingerprint density at radius 1 is 1.25 bits per heavy atom. The zero-order valence-electron chi connectivity index (χ0n) is 11.1. The molecule has 1 fully saturated rings. The topological polar surface area (TPSA) is 52.0 Å². The van der Waals surface area contributed by atoms with E-state index in [4.69, 9.17) is 0 Å². The Hall–Kier alpha value is -1.14. The minimum atomic E-state index is -2.93. The number of hydrogen-bond donors (Lipinski definition) is 0. The number of nitrogens with zero attached hydrogens (tertiary/aromatic N) is 2. The van der Waals surface area contributed by atoms with Crippen molar-refractivity contribution >= 4 is 25.8 Å². The molecule has 3 rings (SSSR count). The van der Waals surface area contributed by atoms with E-state index >= 15 is 0 Å². The van der Waals surface area contributed by atoms with Crippen LogP contribution >= 0.6 is 15.9 Å². The second-order valence-corrected chi connectivity index (χ2v) is 8.62. The molecule has 20 heavy (non-hydrogen) atoms. The summed E-state index contributed by atoms with van der Waals surface area (Å²) >= 11 is 3.41. The van der Waals surface area contributed by atoms with Gasteiger partial charge in [0, 0.05) is 16.2 Å². The van der Waals surface area contributed by atoms with Gasteiger partial charge in [-0.2, -0.15) is 5.10 Å². The van der Waals surface area contributed by atoms with Crippen LogP contribution in [-0.2, 0) is 15.4 Å². The fraction of sp³-hybridized carbons (Fsp3) is 0.357. The standard InChI is InChI=1S/C14H15BrN2O2S/c1-14(6-7-20(18,19)10-14)17-9-12(8-16-17)11-2-4-13(15)5-3-11/h2-5,8-9H,6-7,10H2,1H3. The summed E-state index contributed by atoms with van der Waals surface area (Å²) in [5.41, 5.74) is 1.65. The lowest BCUT2D eigenvalue weighted by molar-refractivity contribution is 0.328. The predicted molar refractivity (Wildman–Crippen MR) is 82.3 cm³/mol. The molecule has 4 nitrogen and oxygen atoms in total. The van der Waals surface area contributed by atoms with Gasteiger partial charge in [0.2, 0.25) is 0 Å². The van der Waals surface area contributed by atoms with Gasteiger partial charge in [0.1, 0.15) is 0 Å². The number of halogens is 1. The van der Waals surface area contributed by atoms with Gasteiger partial charge in [0.05, 0.1) is 23.2 Å². The van der Waals surface area contributed by atoms with Gasteiger partial charge in [0.15, 0.2) is 9.84 Å². The summed E-state index contributed by atoms with van der Waals surface area (Å²) in [6.07, 6.45) is 4.35. The average Bonchev–Trinajstić information content (AvgIpc) is 2.96. The van der Waals surface area contributed by atoms with Gasteiger partial charge in [-0.1, -0.05) is 28.1 Å². The first-order chi connectivity index (χ1) is 9.38. The van der Waals surface area contributed by atoms with Gasteiger partial charge in [-0.05, 0) is 31.0 Å². The highest BCUT2D eigenvalue weighted by molar-refractivity contribution is 9.10. The molecule has 0 saturated carbocycles. The van der Waals surface area contributed by atoms with Crippen molar-refractivity contribution in [3.63, 3.8) is 0 Å². The van der Waals surface area contributed by atoms with E-state index in [-0.39, 0.29) is 11.5 Å². The van der Waals surface area contributed by atoms with Crippen molar-refractivity contribution in [1.29, 1.82) is 0 Å². The predicted octanol–water partition coefficient (Wildman–Crippen LogP) is 2.85. The Bertz CT molecular complexity index is 737. The van der Waals surface area contributed by atoms with Gasteiger partial charge in [-0.3, -0.25) is 4.68 Å². The highest BCUT2D eigenvalue weighted by atomic mass is 79.9. The highest BCUT2D eigenvalue weighted by Crippen LogP contribution is 2.31. The van der Waals surface area contributed by atoms with Gasteiger partial charge in [-0.15, -0.1) is 0 Å². The summed E-state index contributed by atoms with van der Waals surface area (Å²) in [5.74, 6) is 0.415. The van der Waals surface area contributed by atoms with E-state index in [0.29, 0.717) is 6.42 Å². The molecule has 1 saturated heterocycles. The Balaban J connectivity index is 1.93. The van der Waals surface area contributed by atoms with E-state index in [1.54, 1.807) is 10.9 Å². The lowest BCUT2D eigenvalue weighted by atomic mass is 10.0. The van der Waals surface area contributed by atoms with E-state index in [1.807, 2.05) is 37.4 Å². The molecule has 1 aromatic carbocycles. The summed E-state index contributed by atoms with van der Waals surface area (Å²) < 4.78 is 26.2. The molecule has 0 bridgehead atoms. The summed E-state index contributed by atoms with van der Waals surface area (Å²) in [6, 6.07) is 7.99. The molecule has 0 aliphatic carbocycles. The van der Waals surface area contributed by atoms with Crippen LogP contribution in [0, 0.1) is 0 Å². The lowest BCUT2D eigenvalue weighted by Gasteiger charge is -2.22. The first kappa shape index (κ1) is 13.8. The lowest BCUT2D eigenvalue weighted by Crippen LogP contribution is -2.31. The third-order valence-corrected chi connectivity index (χ3v) is 6.21. The molecule has 1 aromatic heterocycles. The van der Waals surface area contributed by atoms with E-state index in [0.717, 1.165) is 15.6 Å². The van der Waals surface area contributed by atoms with Crippen molar-refractivity contribution in [3.05, 3.63) is 41.1 Å². The molecule has 6 heteroatoms. The van der Waals surface area contributed by atoms with Crippen molar-refractivity contribution in [2.24, 2.45) is 0 Å². The van der Waals surface area contributed by atoms with Crippen molar-refractivity contribution in [3.8, 4) is 11.1 Å². The van der Waals surface area contributed by atoms with Crippen LogP contribution in [0.15, 0.2) is 41.1 Å². The van der Waals surface area contributed by atoms with Crippen molar-refractivity contribution in [2.75, 3.05) is 11.5 Å². The first-order valence-corrected chi connectivity index (χ1v) is 9.01. The van der Waals surface area contributed by atoms with Crippen molar-refractivity contribution in [2.45, 2.75) is 18.9 Å². The smallest absolute Gasteiger partial charge is 0.152 e. The summed E-state index contributed by atoms with van der Waals surface area (Å²) in [5, 5.41) is 4.37. The minimum absolute atomic E-state index is 0.168. The molecule has 0 spiro atoms. The Morgan fingerprint density at radius 2 is 1.95 bits per heavy atom. The van der Waals surface area contributed by atoms with Crippen LogP contribution in [0.3, 0.4) is 0 Å². The number of aromatic nitrogens is 2. The highest BCUT2D eigenvalue weighted by Gasteiger charge is 2.40. The first-order valence-electron chi connectivity index (χ1n) is 6.40. The minimum Gasteiger partial charge on any atom is -0.265 e. The summed E-state index contributed by atoms with van der Waals surface area (Å²) in [4.78, 5) is 0. The number of benzene rings is 1. The van der Waals surface area contributed by atoms with E-state index in [9.17, 15) is 8.42 Å². The number of sulfone groups is 1.